The summed E-state index contributed by atoms with van der Waals surface area (Å²) in [5.41, 5.74) is 0. The topological polar surface area (TPSA) is 45.2 Å². The van der Waals surface area contributed by atoms with Gasteiger partial charge in [0.25, 0.3) is 0 Å². The van der Waals surface area contributed by atoms with Gasteiger partial charge in [0.2, 0.25) is 5.91 Å². The smallest absolute Gasteiger partial charge is 0.352 e. The van der Waals surface area contributed by atoms with E-state index < -0.39 is 11.1 Å². The predicted molar refractivity (Wildman–Crippen MR) is 75.4 cm³/mol. The van der Waals surface area contributed by atoms with Crippen LogP contribution in [-0.4, -0.2) is 30.0 Å². The van der Waals surface area contributed by atoms with Crippen LogP contribution < -0.4 is 10.2 Å². The Morgan fingerprint density at radius 1 is 1.57 bits per heavy atom. The summed E-state index contributed by atoms with van der Waals surface area (Å²) in [5, 5.41) is 3.30. The van der Waals surface area contributed by atoms with Crippen molar-refractivity contribution in [3.05, 3.63) is 11.1 Å². The van der Waals surface area contributed by atoms with E-state index in [1.807, 2.05) is 11.8 Å². The number of rotatable bonds is 4. The molecular weight excluding hydrogens is 303 g/mol. The molecule has 1 unspecified atom stereocenters. The van der Waals surface area contributed by atoms with Crippen molar-refractivity contribution in [3.63, 3.8) is 0 Å². The average Bonchev–Trinajstić information content (AvgIpc) is 2.88. The van der Waals surface area contributed by atoms with Gasteiger partial charge in [0.1, 0.15) is 4.88 Å². The number of alkyl halides is 3. The van der Waals surface area contributed by atoms with Gasteiger partial charge in [-0.3, -0.25) is 4.79 Å². The van der Waals surface area contributed by atoms with E-state index in [9.17, 15) is 18.0 Å². The van der Waals surface area contributed by atoms with E-state index in [2.05, 4.69) is 10.3 Å². The van der Waals surface area contributed by atoms with Crippen molar-refractivity contribution in [3.8, 4) is 0 Å². The van der Waals surface area contributed by atoms with Gasteiger partial charge in [-0.05, 0) is 19.3 Å². The number of nitrogens with zero attached hydrogens (tertiary/aromatic N) is 2. The van der Waals surface area contributed by atoms with Crippen LogP contribution in [0.2, 0.25) is 0 Å². The van der Waals surface area contributed by atoms with Crippen molar-refractivity contribution < 1.29 is 18.0 Å². The minimum atomic E-state index is -4.35. The summed E-state index contributed by atoms with van der Waals surface area (Å²) in [6.45, 7) is 3.12. The second-order valence-electron chi connectivity index (χ2n) is 5.11. The SMILES string of the molecule is CCCC(=O)NC1CCCN(c2ncc(C(F)(F)F)s2)C1. The van der Waals surface area contributed by atoms with Gasteiger partial charge in [0.05, 0.1) is 6.20 Å². The van der Waals surface area contributed by atoms with Crippen molar-refractivity contribution in [1.82, 2.24) is 10.3 Å². The summed E-state index contributed by atoms with van der Waals surface area (Å²) in [5.74, 6) is -0.000491. The van der Waals surface area contributed by atoms with E-state index >= 15 is 0 Å². The normalized spacial score (nSPS) is 19.6. The first-order valence-corrected chi connectivity index (χ1v) is 7.79. The van der Waals surface area contributed by atoms with Gasteiger partial charge in [-0.2, -0.15) is 13.2 Å². The molecule has 1 amide bonds. The summed E-state index contributed by atoms with van der Waals surface area (Å²) in [6.07, 6.45) is -0.531. The third kappa shape index (κ3) is 4.33. The van der Waals surface area contributed by atoms with E-state index in [1.165, 1.54) is 0 Å². The largest absolute Gasteiger partial charge is 0.427 e. The molecule has 21 heavy (non-hydrogen) atoms. The van der Waals surface area contributed by atoms with E-state index in [-0.39, 0.29) is 11.9 Å². The van der Waals surface area contributed by atoms with Crippen molar-refractivity contribution >= 4 is 22.4 Å². The number of carbonyl (C=O) groups is 1. The molecule has 8 heteroatoms. The molecule has 0 aliphatic carbocycles. The third-order valence-electron chi connectivity index (χ3n) is 3.31. The van der Waals surface area contributed by atoms with Crippen LogP contribution in [0.25, 0.3) is 0 Å². The lowest BCUT2D eigenvalue weighted by Crippen LogP contribution is -2.47. The van der Waals surface area contributed by atoms with Gasteiger partial charge in [0.15, 0.2) is 5.13 Å². The van der Waals surface area contributed by atoms with Gasteiger partial charge in [-0.15, -0.1) is 0 Å². The molecule has 0 radical (unpaired) electrons. The molecule has 1 atom stereocenters. The summed E-state index contributed by atoms with van der Waals surface area (Å²) < 4.78 is 37.8. The second-order valence-corrected chi connectivity index (χ2v) is 6.12. The zero-order chi connectivity index (χ0) is 15.5. The molecule has 0 spiro atoms. The number of carbonyl (C=O) groups excluding carboxylic acids is 1. The molecule has 1 N–H and O–H groups in total. The second kappa shape index (κ2) is 6.64. The fourth-order valence-electron chi connectivity index (χ4n) is 2.34. The van der Waals surface area contributed by atoms with Crippen LogP contribution in [-0.2, 0) is 11.0 Å². The number of anilines is 1. The number of piperidine rings is 1. The summed E-state index contributed by atoms with van der Waals surface area (Å²) in [7, 11) is 0. The van der Waals surface area contributed by atoms with Gasteiger partial charge in [0, 0.05) is 25.6 Å². The van der Waals surface area contributed by atoms with Crippen molar-refractivity contribution in [2.45, 2.75) is 44.8 Å². The average molecular weight is 321 g/mol. The minimum absolute atomic E-state index is 0.000491. The molecule has 2 rings (SSSR count). The Labute approximate surface area is 125 Å². The number of hydrogen-bond donors (Lipinski definition) is 1. The van der Waals surface area contributed by atoms with E-state index in [0.717, 1.165) is 25.5 Å². The van der Waals surface area contributed by atoms with Gasteiger partial charge < -0.3 is 10.2 Å². The molecule has 118 valence electrons. The van der Waals surface area contributed by atoms with Crippen LogP contribution in [0.15, 0.2) is 6.20 Å². The minimum Gasteiger partial charge on any atom is -0.352 e. The van der Waals surface area contributed by atoms with Crippen LogP contribution in [0.4, 0.5) is 18.3 Å². The highest BCUT2D eigenvalue weighted by Crippen LogP contribution is 2.36. The molecular formula is C13H18F3N3OS. The maximum atomic E-state index is 12.6. The lowest BCUT2D eigenvalue weighted by molar-refractivity contribution is -0.134. The maximum absolute atomic E-state index is 12.6. The molecule has 1 aliphatic rings. The van der Waals surface area contributed by atoms with E-state index in [4.69, 9.17) is 0 Å². The standard InChI is InChI=1S/C13H18F3N3OS/c1-2-4-11(20)18-9-5-3-6-19(8-9)12-17-7-10(21-12)13(14,15)16/h7,9H,2-6,8H2,1H3,(H,18,20). The number of nitrogens with one attached hydrogen (secondary N) is 1. The van der Waals surface area contributed by atoms with Crippen LogP contribution in [0.3, 0.4) is 0 Å². The van der Waals surface area contributed by atoms with Gasteiger partial charge in [-0.1, -0.05) is 18.3 Å². The van der Waals surface area contributed by atoms with Crippen LogP contribution >= 0.6 is 11.3 Å². The third-order valence-corrected chi connectivity index (χ3v) is 4.41. The van der Waals surface area contributed by atoms with Gasteiger partial charge in [-0.25, -0.2) is 4.98 Å². The molecule has 0 bridgehead atoms. The highest BCUT2D eigenvalue weighted by Gasteiger charge is 2.34. The van der Waals surface area contributed by atoms with Crippen LogP contribution in [0.1, 0.15) is 37.5 Å². The number of aromatic nitrogens is 1. The first-order chi connectivity index (χ1) is 9.90. The molecule has 1 fully saturated rings. The Morgan fingerprint density at radius 3 is 2.95 bits per heavy atom. The molecule has 1 saturated heterocycles. The van der Waals surface area contributed by atoms with Crippen LogP contribution in [0.5, 0.6) is 0 Å². The number of thiazole rings is 1. The fourth-order valence-corrected chi connectivity index (χ4v) is 3.16. The van der Waals surface area contributed by atoms with Crippen molar-refractivity contribution in [2.75, 3.05) is 18.0 Å². The number of hydrogen-bond acceptors (Lipinski definition) is 4. The first-order valence-electron chi connectivity index (χ1n) is 6.97. The Bertz CT molecular complexity index is 489. The summed E-state index contributed by atoms with van der Waals surface area (Å²) >= 11 is 0.655. The molecule has 2 heterocycles. The van der Waals surface area contributed by atoms with Crippen LogP contribution in [0, 0.1) is 0 Å². The zero-order valence-electron chi connectivity index (χ0n) is 11.7. The highest BCUT2D eigenvalue weighted by atomic mass is 32.1. The Kier molecular flexibility index (Phi) is 5.08. The summed E-state index contributed by atoms with van der Waals surface area (Å²) in [6, 6.07) is -0.0176. The molecule has 1 aromatic rings. The van der Waals surface area contributed by atoms with E-state index in [0.29, 0.717) is 36.0 Å². The molecule has 1 aliphatic heterocycles. The molecule has 0 aromatic carbocycles. The Hall–Kier alpha value is -1.31. The lowest BCUT2D eigenvalue weighted by atomic mass is 10.1. The fraction of sp³-hybridized carbons (Fsp3) is 0.692. The quantitative estimate of drug-likeness (QED) is 0.927. The maximum Gasteiger partial charge on any atom is 0.427 e. The molecule has 0 saturated carbocycles. The highest BCUT2D eigenvalue weighted by molar-refractivity contribution is 7.15. The lowest BCUT2D eigenvalue weighted by Gasteiger charge is -2.33. The first kappa shape index (κ1) is 16.1. The molecule has 1 aromatic heterocycles. The zero-order valence-corrected chi connectivity index (χ0v) is 12.6. The number of amides is 1. The molecule has 4 nitrogen and oxygen atoms in total. The van der Waals surface area contributed by atoms with E-state index in [1.54, 1.807) is 0 Å². The van der Waals surface area contributed by atoms with Gasteiger partial charge >= 0.3 is 6.18 Å². The monoisotopic (exact) mass is 321 g/mol. The van der Waals surface area contributed by atoms with Crippen molar-refractivity contribution in [2.24, 2.45) is 0 Å². The summed E-state index contributed by atoms with van der Waals surface area (Å²) in [4.78, 5) is 16.6. The Balaban J connectivity index is 1.97. The Morgan fingerprint density at radius 2 is 2.33 bits per heavy atom. The number of halogens is 3. The predicted octanol–water partition coefficient (Wildman–Crippen LogP) is 3.05. The van der Waals surface area contributed by atoms with Crippen molar-refractivity contribution in [1.29, 1.82) is 0 Å².